The van der Waals surface area contributed by atoms with Gasteiger partial charge in [-0.15, -0.1) is 0 Å². The Hall–Kier alpha value is -1.50. The molecule has 0 aliphatic heterocycles. The molecule has 0 saturated carbocycles. The summed E-state index contributed by atoms with van der Waals surface area (Å²) in [5.74, 6) is 0.569. The van der Waals surface area contributed by atoms with Crippen molar-refractivity contribution in [2.75, 3.05) is 5.32 Å². The Morgan fingerprint density at radius 2 is 2.00 bits per heavy atom. The van der Waals surface area contributed by atoms with Crippen LogP contribution in [0.3, 0.4) is 0 Å². The van der Waals surface area contributed by atoms with Crippen LogP contribution in [0, 0.1) is 6.92 Å². The van der Waals surface area contributed by atoms with Gasteiger partial charge in [0.2, 0.25) is 5.28 Å². The zero-order valence-electron chi connectivity index (χ0n) is 9.69. The van der Waals surface area contributed by atoms with Crippen LogP contribution in [0.4, 0.5) is 11.5 Å². The van der Waals surface area contributed by atoms with Crippen LogP contribution in [-0.2, 0) is 0 Å². The van der Waals surface area contributed by atoms with Gasteiger partial charge in [0.25, 0.3) is 0 Å². The third kappa shape index (κ3) is 2.47. The second-order valence-electron chi connectivity index (χ2n) is 3.84. The molecule has 0 radical (unpaired) electrons. The third-order valence-electron chi connectivity index (χ3n) is 2.46. The summed E-state index contributed by atoms with van der Waals surface area (Å²) >= 11 is 13.2. The zero-order chi connectivity index (χ0) is 13.4. The van der Waals surface area contributed by atoms with Crippen LogP contribution in [0.2, 0.25) is 10.3 Å². The molecule has 0 fully saturated rings. The Kier molecular flexibility index (Phi) is 3.22. The SMILES string of the molecule is Cc1cc(Nc2c(Cl)ccc3nsnc23)nc(Cl)n1. The van der Waals surface area contributed by atoms with Gasteiger partial charge in [-0.1, -0.05) is 11.6 Å². The summed E-state index contributed by atoms with van der Waals surface area (Å²) in [5.41, 5.74) is 2.93. The van der Waals surface area contributed by atoms with Crippen molar-refractivity contribution in [2.24, 2.45) is 0 Å². The van der Waals surface area contributed by atoms with Crippen molar-refractivity contribution in [3.8, 4) is 0 Å². The largest absolute Gasteiger partial charge is 0.337 e. The molecule has 8 heteroatoms. The summed E-state index contributed by atoms with van der Waals surface area (Å²) in [6, 6.07) is 5.37. The second kappa shape index (κ2) is 4.88. The molecular weight excluding hydrogens is 305 g/mol. The first-order chi connectivity index (χ1) is 9.13. The van der Waals surface area contributed by atoms with Gasteiger partial charge in [0.05, 0.1) is 22.4 Å². The number of aryl methyl sites for hydroxylation is 1. The normalized spacial score (nSPS) is 10.9. The number of hydrogen-bond acceptors (Lipinski definition) is 6. The minimum absolute atomic E-state index is 0.183. The quantitative estimate of drug-likeness (QED) is 0.728. The van der Waals surface area contributed by atoms with E-state index in [-0.39, 0.29) is 5.28 Å². The molecule has 96 valence electrons. The fourth-order valence-electron chi connectivity index (χ4n) is 1.67. The smallest absolute Gasteiger partial charge is 0.224 e. The minimum atomic E-state index is 0.183. The number of halogens is 2. The van der Waals surface area contributed by atoms with Gasteiger partial charge in [-0.05, 0) is 30.7 Å². The van der Waals surface area contributed by atoms with E-state index in [0.29, 0.717) is 22.0 Å². The van der Waals surface area contributed by atoms with Gasteiger partial charge in [-0.25, -0.2) is 9.97 Å². The molecule has 0 aliphatic carbocycles. The number of fused-ring (bicyclic) bond motifs is 1. The van der Waals surface area contributed by atoms with E-state index in [1.165, 1.54) is 0 Å². The third-order valence-corrected chi connectivity index (χ3v) is 3.48. The molecule has 2 heterocycles. The van der Waals surface area contributed by atoms with Crippen molar-refractivity contribution in [1.29, 1.82) is 0 Å². The topological polar surface area (TPSA) is 63.6 Å². The van der Waals surface area contributed by atoms with Gasteiger partial charge in [-0.2, -0.15) is 8.75 Å². The molecule has 2 aromatic heterocycles. The van der Waals surface area contributed by atoms with Crippen LogP contribution in [0.5, 0.6) is 0 Å². The van der Waals surface area contributed by atoms with E-state index in [0.717, 1.165) is 22.9 Å². The minimum Gasteiger partial charge on any atom is -0.337 e. The number of benzene rings is 1. The molecule has 0 bridgehead atoms. The Bertz CT molecular complexity index is 738. The average molecular weight is 312 g/mol. The highest BCUT2D eigenvalue weighted by molar-refractivity contribution is 7.00. The van der Waals surface area contributed by atoms with Crippen LogP contribution in [0.15, 0.2) is 18.2 Å². The van der Waals surface area contributed by atoms with Crippen LogP contribution < -0.4 is 5.32 Å². The van der Waals surface area contributed by atoms with E-state index in [9.17, 15) is 0 Å². The van der Waals surface area contributed by atoms with Gasteiger partial charge in [0.1, 0.15) is 16.9 Å². The Morgan fingerprint density at radius 3 is 2.79 bits per heavy atom. The summed E-state index contributed by atoms with van der Waals surface area (Å²) in [5, 5.41) is 3.85. The maximum Gasteiger partial charge on any atom is 0.224 e. The van der Waals surface area contributed by atoms with Crippen molar-refractivity contribution >= 4 is 57.5 Å². The van der Waals surface area contributed by atoms with Gasteiger partial charge in [-0.3, -0.25) is 0 Å². The Balaban J connectivity index is 2.09. The van der Waals surface area contributed by atoms with E-state index in [1.54, 1.807) is 12.1 Å². The maximum atomic E-state index is 6.19. The van der Waals surface area contributed by atoms with E-state index in [1.807, 2.05) is 13.0 Å². The highest BCUT2D eigenvalue weighted by Crippen LogP contribution is 2.32. The summed E-state index contributed by atoms with van der Waals surface area (Å²) in [6.07, 6.45) is 0. The molecule has 0 atom stereocenters. The van der Waals surface area contributed by atoms with E-state index >= 15 is 0 Å². The van der Waals surface area contributed by atoms with Crippen LogP contribution in [0.1, 0.15) is 5.69 Å². The number of nitrogens with zero attached hydrogens (tertiary/aromatic N) is 4. The summed E-state index contributed by atoms with van der Waals surface area (Å²) in [4.78, 5) is 8.11. The molecule has 19 heavy (non-hydrogen) atoms. The summed E-state index contributed by atoms with van der Waals surface area (Å²) in [6.45, 7) is 1.84. The maximum absolute atomic E-state index is 6.19. The Labute approximate surface area is 122 Å². The number of anilines is 2. The van der Waals surface area contributed by atoms with Crippen molar-refractivity contribution in [3.63, 3.8) is 0 Å². The molecular formula is C11H7Cl2N5S. The molecule has 1 aromatic carbocycles. The van der Waals surface area contributed by atoms with Crippen molar-refractivity contribution < 1.29 is 0 Å². The van der Waals surface area contributed by atoms with Crippen LogP contribution in [-0.4, -0.2) is 18.7 Å². The molecule has 3 rings (SSSR count). The van der Waals surface area contributed by atoms with Gasteiger partial charge < -0.3 is 5.32 Å². The lowest BCUT2D eigenvalue weighted by Gasteiger charge is -2.08. The molecule has 0 unspecified atom stereocenters. The highest BCUT2D eigenvalue weighted by atomic mass is 35.5. The van der Waals surface area contributed by atoms with Crippen molar-refractivity contribution in [3.05, 3.63) is 34.2 Å². The molecule has 1 N–H and O–H groups in total. The molecule has 0 spiro atoms. The number of aromatic nitrogens is 4. The van der Waals surface area contributed by atoms with Gasteiger partial charge >= 0.3 is 0 Å². The lowest BCUT2D eigenvalue weighted by molar-refractivity contribution is 1.10. The second-order valence-corrected chi connectivity index (χ2v) is 5.12. The average Bonchev–Trinajstić information content (AvgIpc) is 2.80. The fraction of sp³-hybridized carbons (Fsp3) is 0.0909. The first-order valence-corrected chi connectivity index (χ1v) is 6.81. The molecule has 3 aromatic rings. The van der Waals surface area contributed by atoms with Crippen LogP contribution in [0.25, 0.3) is 11.0 Å². The molecule has 0 saturated heterocycles. The standard InChI is InChI=1S/C11H7Cl2N5S/c1-5-4-8(16-11(13)14-5)15-9-6(12)2-3-7-10(9)18-19-17-7/h2-4H,1H3,(H,14,15,16). The fourth-order valence-corrected chi connectivity index (χ4v) is 2.64. The zero-order valence-corrected chi connectivity index (χ0v) is 12.0. The number of rotatable bonds is 2. The molecule has 0 aliphatic rings. The highest BCUT2D eigenvalue weighted by Gasteiger charge is 2.11. The monoisotopic (exact) mass is 311 g/mol. The van der Waals surface area contributed by atoms with Crippen molar-refractivity contribution in [1.82, 2.24) is 18.7 Å². The van der Waals surface area contributed by atoms with Gasteiger partial charge in [0, 0.05) is 11.8 Å². The van der Waals surface area contributed by atoms with E-state index in [2.05, 4.69) is 24.0 Å². The van der Waals surface area contributed by atoms with Crippen molar-refractivity contribution in [2.45, 2.75) is 6.92 Å². The predicted octanol–water partition coefficient (Wildman–Crippen LogP) is 3.84. The lowest BCUT2D eigenvalue weighted by atomic mass is 10.2. The molecule has 5 nitrogen and oxygen atoms in total. The first-order valence-electron chi connectivity index (χ1n) is 5.32. The molecule has 0 amide bonds. The number of hydrogen-bond donors (Lipinski definition) is 1. The lowest BCUT2D eigenvalue weighted by Crippen LogP contribution is -1.98. The summed E-state index contributed by atoms with van der Waals surface area (Å²) in [7, 11) is 0. The summed E-state index contributed by atoms with van der Waals surface area (Å²) < 4.78 is 8.40. The van der Waals surface area contributed by atoms with Gasteiger partial charge in [0.15, 0.2) is 0 Å². The first kappa shape index (κ1) is 12.5. The van der Waals surface area contributed by atoms with Crippen LogP contribution >= 0.6 is 34.9 Å². The predicted molar refractivity (Wildman–Crippen MR) is 77.5 cm³/mol. The Morgan fingerprint density at radius 1 is 1.16 bits per heavy atom. The number of nitrogens with one attached hydrogen (secondary N) is 1. The van der Waals surface area contributed by atoms with E-state index in [4.69, 9.17) is 23.2 Å². The van der Waals surface area contributed by atoms with E-state index < -0.39 is 0 Å².